The number of amides is 1. The van der Waals surface area contributed by atoms with Gasteiger partial charge in [0.05, 0.1) is 11.4 Å². The largest absolute Gasteiger partial charge is 0.355 e. The molecule has 0 bridgehead atoms. The minimum Gasteiger partial charge on any atom is -0.355 e. The number of imidazole rings is 1. The maximum absolute atomic E-state index is 10.7. The predicted molar refractivity (Wildman–Crippen MR) is 72.9 cm³/mol. The molecule has 2 aromatic rings. The van der Waals surface area contributed by atoms with E-state index in [1.165, 1.54) is 17.5 Å². The van der Waals surface area contributed by atoms with Gasteiger partial charge in [-0.05, 0) is 13.8 Å². The number of nitrogens with one attached hydrogen (secondary N) is 2. The van der Waals surface area contributed by atoms with Crippen LogP contribution in [0.3, 0.4) is 0 Å². The number of nitrogens with zero attached hydrogens (tertiary/aromatic N) is 2. The average Bonchev–Trinajstić information content (AvgIpc) is 2.75. The van der Waals surface area contributed by atoms with Crippen molar-refractivity contribution in [3.8, 4) is 0 Å². The van der Waals surface area contributed by atoms with Crippen molar-refractivity contribution in [2.24, 2.45) is 0 Å². The summed E-state index contributed by atoms with van der Waals surface area (Å²) in [7, 11) is 0. The fraction of sp³-hybridized carbons (Fsp3) is 0.500. The Kier molecular flexibility index (Phi) is 3.98. The molecule has 0 radical (unpaired) electrons. The normalized spacial score (nSPS) is 11.1. The van der Waals surface area contributed by atoms with E-state index < -0.39 is 0 Å². The molecule has 0 aliphatic rings. The van der Waals surface area contributed by atoms with E-state index in [0.29, 0.717) is 6.54 Å². The monoisotopic (exact) mass is 266 g/mol. The second-order valence-electron chi connectivity index (χ2n) is 4.30. The zero-order chi connectivity index (χ0) is 13.1. The number of aryl methyl sites for hydroxylation is 2. The van der Waals surface area contributed by atoms with Crippen molar-refractivity contribution in [1.29, 1.82) is 0 Å². The molecule has 5 nitrogen and oxygen atoms in total. The zero-order valence-corrected chi connectivity index (χ0v) is 11.7. The number of aromatic nitrogens is 2. The summed E-state index contributed by atoms with van der Waals surface area (Å²) in [5.41, 5.74) is 2.26. The number of hydrogen-bond donors (Lipinski definition) is 2. The van der Waals surface area contributed by atoms with Crippen LogP contribution in [0.2, 0.25) is 0 Å². The van der Waals surface area contributed by atoms with Crippen molar-refractivity contribution in [2.75, 3.05) is 13.1 Å². The molecule has 2 heterocycles. The van der Waals surface area contributed by atoms with Gasteiger partial charge in [-0.2, -0.15) is 0 Å². The summed E-state index contributed by atoms with van der Waals surface area (Å²) in [5, 5.41) is 6.07. The lowest BCUT2D eigenvalue weighted by Crippen LogP contribution is -2.30. The molecular formula is C12H18N4OS. The minimum atomic E-state index is 0.00758. The highest BCUT2D eigenvalue weighted by atomic mass is 32.1. The van der Waals surface area contributed by atoms with E-state index >= 15 is 0 Å². The number of carbonyl (C=O) groups is 1. The van der Waals surface area contributed by atoms with Crippen LogP contribution in [0.4, 0.5) is 0 Å². The number of thiazole rings is 1. The third kappa shape index (κ3) is 2.88. The summed E-state index contributed by atoms with van der Waals surface area (Å²) in [6.45, 7) is 7.82. The van der Waals surface area contributed by atoms with Gasteiger partial charge in [0.25, 0.3) is 0 Å². The number of rotatable bonds is 5. The molecule has 1 amide bonds. The van der Waals surface area contributed by atoms with Gasteiger partial charge in [-0.15, -0.1) is 11.3 Å². The van der Waals surface area contributed by atoms with Crippen LogP contribution >= 0.6 is 11.3 Å². The van der Waals surface area contributed by atoms with E-state index in [0.717, 1.165) is 23.7 Å². The average molecular weight is 266 g/mol. The summed E-state index contributed by atoms with van der Waals surface area (Å²) in [5.74, 6) is 0.00758. The van der Waals surface area contributed by atoms with Crippen molar-refractivity contribution in [3.05, 3.63) is 22.5 Å². The summed E-state index contributed by atoms with van der Waals surface area (Å²) < 4.78 is 2.14. The van der Waals surface area contributed by atoms with Crippen molar-refractivity contribution < 1.29 is 4.79 Å². The molecule has 2 N–H and O–H groups in total. The molecule has 0 aromatic carbocycles. The lowest BCUT2D eigenvalue weighted by molar-refractivity contribution is -0.118. The summed E-state index contributed by atoms with van der Waals surface area (Å²) >= 11 is 1.70. The lowest BCUT2D eigenvalue weighted by atomic mass is 10.3. The standard InChI is InChI=1S/C12H18N4OS/c1-8-7-16-11(9(2)15-12(16)18-8)6-13-4-5-14-10(3)17/h7,13H,4-6H2,1-3H3,(H,14,17). The van der Waals surface area contributed by atoms with E-state index in [9.17, 15) is 4.79 Å². The second kappa shape index (κ2) is 5.49. The van der Waals surface area contributed by atoms with Gasteiger partial charge in [0.1, 0.15) is 0 Å². The first kappa shape index (κ1) is 13.0. The van der Waals surface area contributed by atoms with Gasteiger partial charge in [0, 0.05) is 37.6 Å². The van der Waals surface area contributed by atoms with Gasteiger partial charge >= 0.3 is 0 Å². The topological polar surface area (TPSA) is 58.4 Å². The van der Waals surface area contributed by atoms with Gasteiger partial charge in [0.2, 0.25) is 5.91 Å². The first-order chi connectivity index (χ1) is 8.58. The number of fused-ring (bicyclic) bond motifs is 1. The molecule has 2 aromatic heterocycles. The molecule has 6 heteroatoms. The fourth-order valence-corrected chi connectivity index (χ4v) is 2.75. The molecular weight excluding hydrogens is 248 g/mol. The number of hydrogen-bond acceptors (Lipinski definition) is 4. The van der Waals surface area contributed by atoms with E-state index in [2.05, 4.69) is 33.1 Å². The summed E-state index contributed by atoms with van der Waals surface area (Å²) in [4.78, 5) is 17.6. The summed E-state index contributed by atoms with van der Waals surface area (Å²) in [6, 6.07) is 0. The third-order valence-corrected chi connectivity index (χ3v) is 3.61. The Balaban J connectivity index is 1.94. The zero-order valence-electron chi connectivity index (χ0n) is 10.9. The van der Waals surface area contributed by atoms with Crippen molar-refractivity contribution in [1.82, 2.24) is 20.0 Å². The van der Waals surface area contributed by atoms with Gasteiger partial charge in [-0.3, -0.25) is 9.20 Å². The Morgan fingerprint density at radius 1 is 1.44 bits per heavy atom. The molecule has 0 saturated carbocycles. The highest BCUT2D eigenvalue weighted by molar-refractivity contribution is 7.17. The molecule has 0 fully saturated rings. The molecule has 0 aliphatic carbocycles. The molecule has 0 spiro atoms. The first-order valence-electron chi connectivity index (χ1n) is 5.97. The Labute approximate surface area is 110 Å². The minimum absolute atomic E-state index is 0.00758. The van der Waals surface area contributed by atoms with Crippen LogP contribution in [0.1, 0.15) is 23.2 Å². The quantitative estimate of drug-likeness (QED) is 0.801. The summed E-state index contributed by atoms with van der Waals surface area (Å²) in [6.07, 6.45) is 2.12. The van der Waals surface area contributed by atoms with Crippen LogP contribution in [0.15, 0.2) is 6.20 Å². The SMILES string of the molecule is CC(=O)NCCNCc1c(C)nc2sc(C)cn12. The van der Waals surface area contributed by atoms with Crippen LogP contribution < -0.4 is 10.6 Å². The Hall–Kier alpha value is -1.40. The molecule has 0 unspecified atom stereocenters. The first-order valence-corrected chi connectivity index (χ1v) is 6.78. The van der Waals surface area contributed by atoms with Gasteiger partial charge < -0.3 is 10.6 Å². The maximum Gasteiger partial charge on any atom is 0.216 e. The highest BCUT2D eigenvalue weighted by Crippen LogP contribution is 2.20. The number of carbonyl (C=O) groups excluding carboxylic acids is 1. The molecule has 18 heavy (non-hydrogen) atoms. The van der Waals surface area contributed by atoms with E-state index in [1.807, 2.05) is 6.92 Å². The van der Waals surface area contributed by atoms with Crippen molar-refractivity contribution >= 4 is 22.2 Å². The van der Waals surface area contributed by atoms with E-state index in [-0.39, 0.29) is 5.91 Å². The van der Waals surface area contributed by atoms with E-state index in [4.69, 9.17) is 0 Å². The Morgan fingerprint density at radius 3 is 2.94 bits per heavy atom. The smallest absolute Gasteiger partial charge is 0.216 e. The Bertz CT molecular complexity index is 558. The van der Waals surface area contributed by atoms with Crippen LogP contribution in [-0.4, -0.2) is 28.4 Å². The Morgan fingerprint density at radius 2 is 2.22 bits per heavy atom. The van der Waals surface area contributed by atoms with E-state index in [1.54, 1.807) is 11.3 Å². The lowest BCUT2D eigenvalue weighted by Gasteiger charge is -2.05. The highest BCUT2D eigenvalue weighted by Gasteiger charge is 2.10. The third-order valence-electron chi connectivity index (χ3n) is 2.71. The van der Waals surface area contributed by atoms with Crippen molar-refractivity contribution in [2.45, 2.75) is 27.3 Å². The van der Waals surface area contributed by atoms with Crippen molar-refractivity contribution in [3.63, 3.8) is 0 Å². The molecule has 0 saturated heterocycles. The van der Waals surface area contributed by atoms with Crippen LogP contribution in [0.25, 0.3) is 4.96 Å². The molecule has 0 aliphatic heterocycles. The maximum atomic E-state index is 10.7. The molecule has 98 valence electrons. The fourth-order valence-electron chi connectivity index (χ4n) is 1.86. The molecule has 0 atom stereocenters. The van der Waals surface area contributed by atoms with Crippen LogP contribution in [-0.2, 0) is 11.3 Å². The van der Waals surface area contributed by atoms with Crippen LogP contribution in [0.5, 0.6) is 0 Å². The second-order valence-corrected chi connectivity index (χ2v) is 5.51. The van der Waals surface area contributed by atoms with Gasteiger partial charge in [-0.25, -0.2) is 4.98 Å². The predicted octanol–water partition coefficient (Wildman–Crippen LogP) is 1.24. The molecule has 2 rings (SSSR count). The van der Waals surface area contributed by atoms with Crippen LogP contribution in [0, 0.1) is 13.8 Å². The van der Waals surface area contributed by atoms with Gasteiger partial charge in [-0.1, -0.05) is 0 Å². The van der Waals surface area contributed by atoms with Gasteiger partial charge in [0.15, 0.2) is 4.96 Å².